The summed E-state index contributed by atoms with van der Waals surface area (Å²) in [7, 11) is 0. The van der Waals surface area contributed by atoms with Crippen LogP contribution in [0, 0.1) is 5.82 Å². The van der Waals surface area contributed by atoms with Gasteiger partial charge in [-0.15, -0.1) is 0 Å². The van der Waals surface area contributed by atoms with Crippen LogP contribution in [0.2, 0.25) is 5.02 Å². The molecule has 1 aromatic carbocycles. The molecule has 1 saturated carbocycles. The van der Waals surface area contributed by atoms with Crippen LogP contribution in [-0.2, 0) is 0 Å². The third-order valence-electron chi connectivity index (χ3n) is 3.24. The fourth-order valence-corrected chi connectivity index (χ4v) is 2.17. The summed E-state index contributed by atoms with van der Waals surface area (Å²) in [6.45, 7) is 2.80. The van der Waals surface area contributed by atoms with E-state index >= 15 is 0 Å². The van der Waals surface area contributed by atoms with Crippen LogP contribution in [-0.4, -0.2) is 16.5 Å². The molecule has 21 heavy (non-hydrogen) atoms. The van der Waals surface area contributed by atoms with Crippen LogP contribution in [0.3, 0.4) is 0 Å². The van der Waals surface area contributed by atoms with Crippen molar-refractivity contribution in [1.29, 1.82) is 0 Å². The lowest BCUT2D eigenvalue weighted by Gasteiger charge is -2.10. The maximum Gasteiger partial charge on any atom is 0.143 e. The van der Waals surface area contributed by atoms with Gasteiger partial charge in [0.2, 0.25) is 0 Å². The molecule has 0 bridgehead atoms. The normalized spacial score (nSPS) is 14.0. The van der Waals surface area contributed by atoms with Gasteiger partial charge in [-0.2, -0.15) is 0 Å². The quantitative estimate of drug-likeness (QED) is 0.863. The first-order valence-electron chi connectivity index (χ1n) is 7.00. The van der Waals surface area contributed by atoms with E-state index in [1.54, 1.807) is 6.07 Å². The van der Waals surface area contributed by atoms with E-state index in [9.17, 15) is 4.39 Å². The number of anilines is 3. The summed E-state index contributed by atoms with van der Waals surface area (Å²) in [5.41, 5.74) is 0.611. The van der Waals surface area contributed by atoms with Crippen LogP contribution >= 0.6 is 11.6 Å². The minimum atomic E-state index is -0.454. The molecule has 0 unspecified atom stereocenters. The summed E-state index contributed by atoms with van der Waals surface area (Å²) >= 11 is 5.69. The molecule has 6 heteroatoms. The monoisotopic (exact) mass is 306 g/mol. The molecule has 1 heterocycles. The Labute approximate surface area is 127 Å². The fraction of sp³-hybridized carbons (Fsp3) is 0.333. The van der Waals surface area contributed by atoms with Gasteiger partial charge in [-0.1, -0.05) is 11.6 Å². The van der Waals surface area contributed by atoms with Crippen molar-refractivity contribution in [2.45, 2.75) is 25.7 Å². The first kappa shape index (κ1) is 14.1. The van der Waals surface area contributed by atoms with Gasteiger partial charge in [0, 0.05) is 24.2 Å². The number of benzene rings is 1. The lowest BCUT2D eigenvalue weighted by atomic mass is 10.3. The smallest absolute Gasteiger partial charge is 0.143 e. The lowest BCUT2D eigenvalue weighted by Crippen LogP contribution is -2.05. The minimum absolute atomic E-state index is 0.107. The second-order valence-corrected chi connectivity index (χ2v) is 5.46. The number of nitrogens with zero attached hydrogens (tertiary/aromatic N) is 2. The number of hydrogen-bond acceptors (Lipinski definition) is 4. The molecule has 1 aromatic heterocycles. The van der Waals surface area contributed by atoms with E-state index in [-0.39, 0.29) is 5.02 Å². The summed E-state index contributed by atoms with van der Waals surface area (Å²) in [4.78, 5) is 9.01. The van der Waals surface area contributed by atoms with Crippen molar-refractivity contribution in [3.63, 3.8) is 0 Å². The molecule has 4 nitrogen and oxygen atoms in total. The highest BCUT2D eigenvalue weighted by atomic mass is 35.5. The molecular weight excluding hydrogens is 291 g/mol. The minimum Gasteiger partial charge on any atom is -0.370 e. The Bertz CT molecular complexity index is 658. The van der Waals surface area contributed by atoms with E-state index in [0.29, 0.717) is 17.4 Å². The van der Waals surface area contributed by atoms with E-state index in [1.165, 1.54) is 12.1 Å². The maximum absolute atomic E-state index is 13.5. The van der Waals surface area contributed by atoms with Crippen molar-refractivity contribution in [2.24, 2.45) is 0 Å². The zero-order chi connectivity index (χ0) is 14.8. The van der Waals surface area contributed by atoms with Crippen molar-refractivity contribution in [3.05, 3.63) is 40.9 Å². The molecule has 0 aliphatic heterocycles. The van der Waals surface area contributed by atoms with Crippen molar-refractivity contribution in [1.82, 2.24) is 9.97 Å². The largest absolute Gasteiger partial charge is 0.370 e. The van der Waals surface area contributed by atoms with Crippen molar-refractivity contribution in [3.8, 4) is 0 Å². The van der Waals surface area contributed by atoms with Crippen molar-refractivity contribution in [2.75, 3.05) is 17.2 Å². The van der Waals surface area contributed by atoms with Gasteiger partial charge in [0.05, 0.1) is 5.02 Å². The van der Waals surface area contributed by atoms with Crippen LogP contribution in [0.1, 0.15) is 31.5 Å². The molecule has 0 radical (unpaired) electrons. The molecule has 0 amide bonds. The topological polar surface area (TPSA) is 49.8 Å². The van der Waals surface area contributed by atoms with Gasteiger partial charge >= 0.3 is 0 Å². The van der Waals surface area contributed by atoms with E-state index in [4.69, 9.17) is 11.6 Å². The van der Waals surface area contributed by atoms with Crippen molar-refractivity contribution >= 4 is 28.9 Å². The van der Waals surface area contributed by atoms with E-state index in [1.807, 2.05) is 13.0 Å². The van der Waals surface area contributed by atoms with Crippen LogP contribution in [0.25, 0.3) is 0 Å². The second-order valence-electron chi connectivity index (χ2n) is 5.06. The zero-order valence-electron chi connectivity index (χ0n) is 11.7. The Morgan fingerprint density at radius 3 is 2.67 bits per heavy atom. The summed E-state index contributed by atoms with van der Waals surface area (Å²) in [5.74, 6) is 2.28. The molecule has 2 N–H and O–H groups in total. The third kappa shape index (κ3) is 3.42. The van der Waals surface area contributed by atoms with Crippen LogP contribution in [0.15, 0.2) is 24.3 Å². The van der Waals surface area contributed by atoms with Gasteiger partial charge < -0.3 is 10.6 Å². The Balaban J connectivity index is 1.87. The van der Waals surface area contributed by atoms with E-state index in [2.05, 4.69) is 20.6 Å². The fourth-order valence-electron chi connectivity index (χ4n) is 2.05. The number of aromatic nitrogens is 2. The number of rotatable bonds is 5. The van der Waals surface area contributed by atoms with Crippen LogP contribution in [0.4, 0.5) is 21.7 Å². The summed E-state index contributed by atoms with van der Waals surface area (Å²) in [6.07, 6.45) is 2.26. The highest BCUT2D eigenvalue weighted by Gasteiger charge is 2.27. The summed E-state index contributed by atoms with van der Waals surface area (Å²) in [5, 5.41) is 6.40. The highest BCUT2D eigenvalue weighted by molar-refractivity contribution is 6.30. The summed E-state index contributed by atoms with van der Waals surface area (Å²) in [6, 6.07) is 6.42. The third-order valence-corrected chi connectivity index (χ3v) is 3.54. The molecular formula is C15H16ClFN4. The molecule has 1 aliphatic rings. The van der Waals surface area contributed by atoms with Gasteiger partial charge in [-0.25, -0.2) is 14.4 Å². The number of hydrogen-bond donors (Lipinski definition) is 2. The molecule has 3 rings (SSSR count). The second kappa shape index (κ2) is 5.85. The Kier molecular flexibility index (Phi) is 3.92. The predicted molar refractivity (Wildman–Crippen MR) is 82.9 cm³/mol. The molecule has 0 spiro atoms. The van der Waals surface area contributed by atoms with Crippen molar-refractivity contribution < 1.29 is 4.39 Å². The van der Waals surface area contributed by atoms with Crippen LogP contribution < -0.4 is 10.6 Å². The zero-order valence-corrected chi connectivity index (χ0v) is 12.4. The molecule has 1 fully saturated rings. The van der Waals surface area contributed by atoms with Gasteiger partial charge in [-0.3, -0.25) is 0 Å². The van der Waals surface area contributed by atoms with E-state index < -0.39 is 5.82 Å². The lowest BCUT2D eigenvalue weighted by molar-refractivity contribution is 0.629. The average molecular weight is 307 g/mol. The first-order valence-corrected chi connectivity index (χ1v) is 7.38. The van der Waals surface area contributed by atoms with Crippen LogP contribution in [0.5, 0.6) is 0 Å². The van der Waals surface area contributed by atoms with Gasteiger partial charge in [0.25, 0.3) is 0 Å². The van der Waals surface area contributed by atoms with Gasteiger partial charge in [-0.05, 0) is 38.0 Å². The number of halogens is 2. The highest BCUT2D eigenvalue weighted by Crippen LogP contribution is 2.39. The van der Waals surface area contributed by atoms with Gasteiger partial charge in [0.1, 0.15) is 23.3 Å². The molecule has 0 atom stereocenters. The Morgan fingerprint density at radius 2 is 2.00 bits per heavy atom. The molecule has 2 aromatic rings. The SMILES string of the molecule is CCNc1cc(Nc2ccc(Cl)c(F)c2)nc(C2CC2)n1. The summed E-state index contributed by atoms with van der Waals surface area (Å²) < 4.78 is 13.5. The standard InChI is InChI=1S/C15H16ClFN4/c1-2-18-13-8-14(21-15(20-13)9-3-4-9)19-10-5-6-11(16)12(17)7-10/h5-9H,2-4H2,1H3,(H2,18,19,20,21). The molecule has 110 valence electrons. The molecule has 0 saturated heterocycles. The Hall–Kier alpha value is -1.88. The number of nitrogens with one attached hydrogen (secondary N) is 2. The Morgan fingerprint density at radius 1 is 1.24 bits per heavy atom. The van der Waals surface area contributed by atoms with Gasteiger partial charge in [0.15, 0.2) is 0 Å². The average Bonchev–Trinajstić information content (AvgIpc) is 3.28. The molecule has 1 aliphatic carbocycles. The first-order chi connectivity index (χ1) is 10.2. The maximum atomic E-state index is 13.5. The van der Waals surface area contributed by atoms with E-state index in [0.717, 1.165) is 31.0 Å². The predicted octanol–water partition coefficient (Wildman–Crippen LogP) is 4.32.